The molecule has 1 heterocycles. The maximum Gasteiger partial charge on any atom is 0.339 e. The van der Waals surface area contributed by atoms with Crippen molar-refractivity contribution >= 4 is 11.8 Å². The lowest BCUT2D eigenvalue weighted by atomic mass is 10.00. The lowest BCUT2D eigenvalue weighted by Gasteiger charge is -2.27. The maximum absolute atomic E-state index is 11.2. The topological polar surface area (TPSA) is 62.2 Å². The first-order valence-electron chi connectivity index (χ1n) is 5.99. The van der Waals surface area contributed by atoms with E-state index in [0.29, 0.717) is 11.4 Å². The van der Waals surface area contributed by atoms with E-state index in [-0.39, 0.29) is 5.54 Å². The zero-order valence-electron chi connectivity index (χ0n) is 10.3. The largest absolute Gasteiger partial charge is 0.478 e. The summed E-state index contributed by atoms with van der Waals surface area (Å²) in [6, 6.07) is 1.73. The molecule has 2 rings (SSSR count). The highest BCUT2D eigenvalue weighted by Crippen LogP contribution is 2.33. The third kappa shape index (κ3) is 2.40. The molecule has 0 bridgehead atoms. The van der Waals surface area contributed by atoms with E-state index in [1.165, 1.54) is 12.8 Å². The van der Waals surface area contributed by atoms with Crippen LogP contribution in [0.3, 0.4) is 0 Å². The minimum absolute atomic E-state index is 0.00894. The number of carboxylic acids is 1. The molecule has 0 unspecified atom stereocenters. The fourth-order valence-corrected chi connectivity index (χ4v) is 2.49. The van der Waals surface area contributed by atoms with Crippen LogP contribution in [0.25, 0.3) is 0 Å². The minimum Gasteiger partial charge on any atom is -0.478 e. The lowest BCUT2D eigenvalue weighted by Crippen LogP contribution is -2.32. The third-order valence-electron chi connectivity index (χ3n) is 3.50. The number of carboxylic acid groups (broad SMARTS) is 1. The van der Waals surface area contributed by atoms with Gasteiger partial charge in [0, 0.05) is 11.7 Å². The molecule has 17 heavy (non-hydrogen) atoms. The number of aryl methyl sites for hydroxylation is 1. The van der Waals surface area contributed by atoms with Crippen LogP contribution in [-0.4, -0.2) is 21.6 Å². The lowest BCUT2D eigenvalue weighted by molar-refractivity contribution is 0.0696. The molecule has 0 atom stereocenters. The average molecular weight is 234 g/mol. The van der Waals surface area contributed by atoms with E-state index >= 15 is 0 Å². The molecule has 1 aliphatic rings. The molecular weight excluding hydrogens is 216 g/mol. The summed E-state index contributed by atoms with van der Waals surface area (Å²) in [5, 5.41) is 12.5. The van der Waals surface area contributed by atoms with Gasteiger partial charge in [0.2, 0.25) is 0 Å². The highest BCUT2D eigenvalue weighted by Gasteiger charge is 2.30. The van der Waals surface area contributed by atoms with Gasteiger partial charge in [-0.15, -0.1) is 0 Å². The Morgan fingerprint density at radius 2 is 2.12 bits per heavy atom. The van der Waals surface area contributed by atoms with Crippen molar-refractivity contribution < 1.29 is 9.90 Å². The second-order valence-electron chi connectivity index (χ2n) is 5.05. The minimum atomic E-state index is -0.917. The molecule has 2 N–H and O–H groups in total. The van der Waals surface area contributed by atoms with Crippen molar-refractivity contribution in [2.24, 2.45) is 0 Å². The first kappa shape index (κ1) is 11.9. The van der Waals surface area contributed by atoms with Crippen LogP contribution in [0.15, 0.2) is 12.3 Å². The van der Waals surface area contributed by atoms with Crippen LogP contribution in [0.2, 0.25) is 0 Å². The third-order valence-corrected chi connectivity index (χ3v) is 3.50. The summed E-state index contributed by atoms with van der Waals surface area (Å²) in [4.78, 5) is 15.4. The number of aromatic carboxylic acids is 1. The zero-order chi connectivity index (χ0) is 12.5. The van der Waals surface area contributed by atoms with Gasteiger partial charge in [-0.1, -0.05) is 12.8 Å². The van der Waals surface area contributed by atoms with Gasteiger partial charge >= 0.3 is 5.97 Å². The van der Waals surface area contributed by atoms with Crippen molar-refractivity contribution in [2.75, 3.05) is 5.32 Å². The fourth-order valence-electron chi connectivity index (χ4n) is 2.49. The molecule has 1 aromatic rings. The number of hydrogen-bond acceptors (Lipinski definition) is 3. The molecule has 0 spiro atoms. The van der Waals surface area contributed by atoms with Crippen molar-refractivity contribution in [1.82, 2.24) is 4.98 Å². The molecular formula is C13H18N2O2. The summed E-state index contributed by atoms with van der Waals surface area (Å²) in [6.07, 6.45) is 6.18. The van der Waals surface area contributed by atoms with E-state index in [2.05, 4.69) is 17.2 Å². The Kier molecular flexibility index (Phi) is 3.05. The molecule has 1 aliphatic carbocycles. The van der Waals surface area contributed by atoms with Crippen LogP contribution in [0.4, 0.5) is 5.82 Å². The molecule has 0 amide bonds. The van der Waals surface area contributed by atoms with Crippen LogP contribution in [-0.2, 0) is 0 Å². The normalized spacial score (nSPS) is 18.0. The molecule has 1 aromatic heterocycles. The predicted molar refractivity (Wildman–Crippen MR) is 66.4 cm³/mol. The van der Waals surface area contributed by atoms with Gasteiger partial charge in [-0.05, 0) is 38.3 Å². The summed E-state index contributed by atoms with van der Waals surface area (Å²) < 4.78 is 0. The van der Waals surface area contributed by atoms with Crippen molar-refractivity contribution in [2.45, 2.75) is 45.1 Å². The van der Waals surface area contributed by atoms with E-state index < -0.39 is 5.97 Å². The van der Waals surface area contributed by atoms with Gasteiger partial charge in [-0.2, -0.15) is 0 Å². The second kappa shape index (κ2) is 4.35. The highest BCUT2D eigenvalue weighted by atomic mass is 16.4. The molecule has 1 fully saturated rings. The molecule has 4 nitrogen and oxygen atoms in total. The number of pyridine rings is 1. The van der Waals surface area contributed by atoms with E-state index in [9.17, 15) is 9.90 Å². The number of hydrogen-bond donors (Lipinski definition) is 2. The van der Waals surface area contributed by atoms with Gasteiger partial charge in [0.1, 0.15) is 11.4 Å². The molecule has 0 aromatic carbocycles. The van der Waals surface area contributed by atoms with Gasteiger partial charge in [0.15, 0.2) is 0 Å². The number of nitrogens with zero attached hydrogens (tertiary/aromatic N) is 1. The molecule has 0 saturated heterocycles. The van der Waals surface area contributed by atoms with E-state index in [1.54, 1.807) is 19.2 Å². The number of rotatable bonds is 3. The fraction of sp³-hybridized carbons (Fsp3) is 0.538. The molecule has 0 aliphatic heterocycles. The summed E-state index contributed by atoms with van der Waals surface area (Å²) >= 11 is 0. The van der Waals surface area contributed by atoms with Gasteiger partial charge in [0.25, 0.3) is 0 Å². The van der Waals surface area contributed by atoms with E-state index in [0.717, 1.165) is 18.4 Å². The smallest absolute Gasteiger partial charge is 0.339 e. The average Bonchev–Trinajstić information content (AvgIpc) is 2.64. The van der Waals surface area contributed by atoms with Crippen molar-refractivity contribution in [3.8, 4) is 0 Å². The maximum atomic E-state index is 11.2. The number of anilines is 1. The van der Waals surface area contributed by atoms with Crippen LogP contribution < -0.4 is 5.32 Å². The molecule has 1 saturated carbocycles. The Bertz CT molecular complexity index is 437. The number of carbonyl (C=O) groups is 1. The van der Waals surface area contributed by atoms with Crippen LogP contribution >= 0.6 is 0 Å². The van der Waals surface area contributed by atoms with Crippen LogP contribution in [0.1, 0.15) is 48.5 Å². The van der Waals surface area contributed by atoms with Crippen LogP contribution in [0.5, 0.6) is 0 Å². The summed E-state index contributed by atoms with van der Waals surface area (Å²) in [7, 11) is 0. The summed E-state index contributed by atoms with van der Waals surface area (Å²) in [5.74, 6) is -0.415. The van der Waals surface area contributed by atoms with E-state index in [4.69, 9.17) is 0 Å². The van der Waals surface area contributed by atoms with Gasteiger partial charge in [-0.3, -0.25) is 0 Å². The van der Waals surface area contributed by atoms with Crippen molar-refractivity contribution in [3.05, 3.63) is 23.4 Å². The Hall–Kier alpha value is -1.58. The quantitative estimate of drug-likeness (QED) is 0.844. The monoisotopic (exact) mass is 234 g/mol. The predicted octanol–water partition coefficient (Wildman–Crippen LogP) is 2.83. The highest BCUT2D eigenvalue weighted by molar-refractivity contribution is 5.94. The van der Waals surface area contributed by atoms with E-state index in [1.807, 2.05) is 0 Å². The zero-order valence-corrected chi connectivity index (χ0v) is 10.3. The van der Waals surface area contributed by atoms with Crippen molar-refractivity contribution in [1.29, 1.82) is 0 Å². The summed E-state index contributed by atoms with van der Waals surface area (Å²) in [5.41, 5.74) is 1.03. The first-order valence-corrected chi connectivity index (χ1v) is 5.99. The van der Waals surface area contributed by atoms with Crippen LogP contribution in [0, 0.1) is 6.92 Å². The Balaban J connectivity index is 2.32. The second-order valence-corrected chi connectivity index (χ2v) is 5.05. The number of aromatic nitrogens is 1. The van der Waals surface area contributed by atoms with Gasteiger partial charge < -0.3 is 10.4 Å². The van der Waals surface area contributed by atoms with Gasteiger partial charge in [0.05, 0.1) is 0 Å². The first-order chi connectivity index (χ1) is 8.02. The Morgan fingerprint density at radius 1 is 1.47 bits per heavy atom. The SMILES string of the molecule is Cc1ccnc(NC2(C)CCCC2)c1C(=O)O. The van der Waals surface area contributed by atoms with Crippen molar-refractivity contribution in [3.63, 3.8) is 0 Å². The number of nitrogens with one attached hydrogen (secondary N) is 1. The standard InChI is InChI=1S/C13H18N2O2/c1-9-5-8-14-11(10(9)12(16)17)15-13(2)6-3-4-7-13/h5,8H,3-4,6-7H2,1-2H3,(H,14,15)(H,16,17). The molecule has 92 valence electrons. The Labute approximate surface area is 101 Å². The Morgan fingerprint density at radius 3 is 2.71 bits per heavy atom. The summed E-state index contributed by atoms with van der Waals surface area (Å²) in [6.45, 7) is 3.93. The molecule has 4 heteroatoms. The molecule has 0 radical (unpaired) electrons. The van der Waals surface area contributed by atoms with Gasteiger partial charge in [-0.25, -0.2) is 9.78 Å².